The highest BCUT2D eigenvalue weighted by Crippen LogP contribution is 2.17. The van der Waals surface area contributed by atoms with Crippen molar-refractivity contribution in [1.29, 1.82) is 0 Å². The van der Waals surface area contributed by atoms with Crippen LogP contribution < -0.4 is 10.0 Å². The van der Waals surface area contributed by atoms with Gasteiger partial charge in [-0.05, 0) is 42.2 Å². The topological polar surface area (TPSA) is 75.3 Å². The minimum Gasteiger partial charge on any atom is -0.352 e. The normalized spacial score (nSPS) is 12.3. The highest BCUT2D eigenvalue weighted by Gasteiger charge is 2.18. The predicted molar refractivity (Wildman–Crippen MR) is 118 cm³/mol. The van der Waals surface area contributed by atoms with E-state index in [2.05, 4.69) is 10.0 Å². The molecule has 30 heavy (non-hydrogen) atoms. The van der Waals surface area contributed by atoms with Gasteiger partial charge in [0.15, 0.2) is 0 Å². The number of hydrogen-bond acceptors (Lipinski definition) is 3. The Morgan fingerprint density at radius 2 is 1.43 bits per heavy atom. The van der Waals surface area contributed by atoms with Crippen molar-refractivity contribution in [2.75, 3.05) is 0 Å². The summed E-state index contributed by atoms with van der Waals surface area (Å²) in [4.78, 5) is 12.3. The van der Waals surface area contributed by atoms with Gasteiger partial charge in [0, 0.05) is 19.0 Å². The summed E-state index contributed by atoms with van der Waals surface area (Å²) in [5, 5.41) is 2.90. The molecule has 156 valence electrons. The van der Waals surface area contributed by atoms with Gasteiger partial charge in [-0.3, -0.25) is 4.79 Å². The van der Waals surface area contributed by atoms with Gasteiger partial charge in [-0.2, -0.15) is 0 Å². The molecule has 0 radical (unpaired) electrons. The first-order valence-electron chi connectivity index (χ1n) is 9.91. The molecule has 1 amide bonds. The Hall–Kier alpha value is -2.96. The largest absolute Gasteiger partial charge is 0.352 e. The maximum atomic E-state index is 12.6. The van der Waals surface area contributed by atoms with Crippen LogP contribution >= 0.6 is 0 Å². The Labute approximate surface area is 178 Å². The summed E-state index contributed by atoms with van der Waals surface area (Å²) in [7, 11) is -3.62. The SMILES string of the molecule is C[C@H](NS(=O)(=O)c1ccc(CCC(=O)NCc2ccccc2)cc1)c1ccccc1. The number of rotatable bonds is 9. The molecule has 3 aromatic carbocycles. The monoisotopic (exact) mass is 422 g/mol. The van der Waals surface area contributed by atoms with E-state index in [-0.39, 0.29) is 16.8 Å². The fraction of sp³-hybridized carbons (Fsp3) is 0.208. The van der Waals surface area contributed by atoms with Crippen molar-refractivity contribution in [3.63, 3.8) is 0 Å². The molecule has 0 heterocycles. The molecule has 0 unspecified atom stereocenters. The molecule has 0 fully saturated rings. The van der Waals surface area contributed by atoms with E-state index in [1.165, 1.54) is 0 Å². The standard InChI is InChI=1S/C24H26N2O3S/c1-19(22-10-6-3-7-11-22)26-30(28,29)23-15-12-20(13-16-23)14-17-24(27)25-18-21-8-4-2-5-9-21/h2-13,15-16,19,26H,14,17-18H2,1H3,(H,25,27)/t19-/m0/s1. The fourth-order valence-electron chi connectivity index (χ4n) is 3.09. The van der Waals surface area contributed by atoms with E-state index in [1.807, 2.05) is 67.6 Å². The van der Waals surface area contributed by atoms with Crippen molar-refractivity contribution in [3.8, 4) is 0 Å². The molecule has 0 aromatic heterocycles. The molecule has 0 aliphatic heterocycles. The predicted octanol–water partition coefficient (Wildman–Crippen LogP) is 3.98. The summed E-state index contributed by atoms with van der Waals surface area (Å²) in [5.74, 6) is -0.0334. The van der Waals surface area contributed by atoms with Crippen molar-refractivity contribution in [2.45, 2.75) is 37.2 Å². The van der Waals surface area contributed by atoms with Gasteiger partial charge in [0.2, 0.25) is 15.9 Å². The maximum absolute atomic E-state index is 12.6. The second-order valence-corrected chi connectivity index (χ2v) is 8.87. The van der Waals surface area contributed by atoms with E-state index in [0.717, 1.165) is 16.7 Å². The summed E-state index contributed by atoms with van der Waals surface area (Å²) in [6.07, 6.45) is 0.900. The summed E-state index contributed by atoms with van der Waals surface area (Å²) >= 11 is 0. The smallest absolute Gasteiger partial charge is 0.241 e. The summed E-state index contributed by atoms with van der Waals surface area (Å²) in [5.41, 5.74) is 2.87. The molecule has 3 aromatic rings. The number of aryl methyl sites for hydroxylation is 1. The van der Waals surface area contributed by atoms with E-state index < -0.39 is 10.0 Å². The lowest BCUT2D eigenvalue weighted by molar-refractivity contribution is -0.121. The van der Waals surface area contributed by atoms with Crippen LogP contribution in [0, 0.1) is 0 Å². The van der Waals surface area contributed by atoms with Gasteiger partial charge in [-0.1, -0.05) is 72.8 Å². The van der Waals surface area contributed by atoms with Gasteiger partial charge in [0.1, 0.15) is 0 Å². The molecular formula is C24H26N2O3S. The van der Waals surface area contributed by atoms with Crippen molar-refractivity contribution >= 4 is 15.9 Å². The quantitative estimate of drug-likeness (QED) is 0.548. The third-order valence-electron chi connectivity index (χ3n) is 4.84. The van der Waals surface area contributed by atoms with Crippen LogP contribution in [0.5, 0.6) is 0 Å². The van der Waals surface area contributed by atoms with Gasteiger partial charge < -0.3 is 5.32 Å². The molecule has 0 saturated carbocycles. The number of carbonyl (C=O) groups excluding carboxylic acids is 1. The number of hydrogen-bond donors (Lipinski definition) is 2. The average Bonchev–Trinajstić information content (AvgIpc) is 2.77. The van der Waals surface area contributed by atoms with Crippen LogP contribution in [0.15, 0.2) is 89.8 Å². The van der Waals surface area contributed by atoms with Crippen molar-refractivity contribution in [2.24, 2.45) is 0 Å². The first-order valence-corrected chi connectivity index (χ1v) is 11.4. The molecule has 1 atom stereocenters. The Kier molecular flexibility index (Phi) is 7.38. The number of carbonyl (C=O) groups is 1. The van der Waals surface area contributed by atoms with Crippen LogP contribution in [-0.4, -0.2) is 14.3 Å². The Morgan fingerprint density at radius 3 is 2.07 bits per heavy atom. The van der Waals surface area contributed by atoms with Crippen LogP contribution in [0.3, 0.4) is 0 Å². The zero-order valence-corrected chi connectivity index (χ0v) is 17.7. The highest BCUT2D eigenvalue weighted by atomic mass is 32.2. The molecule has 0 bridgehead atoms. The average molecular weight is 423 g/mol. The van der Waals surface area contributed by atoms with E-state index in [4.69, 9.17) is 0 Å². The molecule has 6 heteroatoms. The van der Waals surface area contributed by atoms with Crippen LogP contribution in [0.1, 0.15) is 36.1 Å². The first kappa shape index (κ1) is 21.7. The molecule has 0 saturated heterocycles. The van der Waals surface area contributed by atoms with Crippen molar-refractivity contribution in [3.05, 3.63) is 102 Å². The van der Waals surface area contributed by atoms with Gasteiger partial charge in [0.25, 0.3) is 0 Å². The van der Waals surface area contributed by atoms with E-state index in [0.29, 0.717) is 19.4 Å². The third-order valence-corrected chi connectivity index (χ3v) is 6.40. The van der Waals surface area contributed by atoms with Crippen LogP contribution in [0.2, 0.25) is 0 Å². The van der Waals surface area contributed by atoms with Crippen LogP contribution in [-0.2, 0) is 27.8 Å². The summed E-state index contributed by atoms with van der Waals surface area (Å²) in [6, 6.07) is 25.5. The second-order valence-electron chi connectivity index (χ2n) is 7.16. The molecule has 3 rings (SSSR count). The lowest BCUT2D eigenvalue weighted by Crippen LogP contribution is -2.26. The van der Waals surface area contributed by atoms with Crippen molar-refractivity contribution in [1.82, 2.24) is 10.0 Å². The summed E-state index contributed by atoms with van der Waals surface area (Å²) in [6.45, 7) is 2.32. The van der Waals surface area contributed by atoms with Crippen molar-refractivity contribution < 1.29 is 13.2 Å². The van der Waals surface area contributed by atoms with Gasteiger partial charge >= 0.3 is 0 Å². The molecule has 0 aliphatic carbocycles. The highest BCUT2D eigenvalue weighted by molar-refractivity contribution is 7.89. The Balaban J connectivity index is 1.52. The van der Waals surface area contributed by atoms with E-state index in [9.17, 15) is 13.2 Å². The molecule has 0 spiro atoms. The number of amides is 1. The van der Waals surface area contributed by atoms with Crippen LogP contribution in [0.4, 0.5) is 0 Å². The minimum absolute atomic E-state index is 0.0334. The van der Waals surface area contributed by atoms with E-state index >= 15 is 0 Å². The fourth-order valence-corrected chi connectivity index (χ4v) is 4.32. The number of benzene rings is 3. The molecule has 2 N–H and O–H groups in total. The first-order chi connectivity index (χ1) is 14.4. The molecule has 5 nitrogen and oxygen atoms in total. The molecule has 0 aliphatic rings. The van der Waals surface area contributed by atoms with Crippen LogP contribution in [0.25, 0.3) is 0 Å². The number of sulfonamides is 1. The Bertz CT molecular complexity index is 1050. The zero-order chi connectivity index (χ0) is 21.4. The van der Waals surface area contributed by atoms with Gasteiger partial charge in [-0.15, -0.1) is 0 Å². The molecular weight excluding hydrogens is 396 g/mol. The maximum Gasteiger partial charge on any atom is 0.241 e. The summed E-state index contributed by atoms with van der Waals surface area (Å²) < 4.78 is 28.0. The second kappa shape index (κ2) is 10.2. The van der Waals surface area contributed by atoms with Gasteiger partial charge in [0.05, 0.1) is 4.90 Å². The lowest BCUT2D eigenvalue weighted by atomic mass is 10.1. The number of nitrogens with one attached hydrogen (secondary N) is 2. The third kappa shape index (κ3) is 6.27. The van der Waals surface area contributed by atoms with Gasteiger partial charge in [-0.25, -0.2) is 13.1 Å². The Morgan fingerprint density at radius 1 is 0.833 bits per heavy atom. The zero-order valence-electron chi connectivity index (χ0n) is 16.9. The van der Waals surface area contributed by atoms with E-state index in [1.54, 1.807) is 24.3 Å². The lowest BCUT2D eigenvalue weighted by Gasteiger charge is -2.15. The minimum atomic E-state index is -3.62.